The Kier molecular flexibility index (Phi) is 7.32. The Hall–Kier alpha value is 0.0700. The summed E-state index contributed by atoms with van der Waals surface area (Å²) in [6.07, 6.45) is 2.43. The number of halogens is 3. The van der Waals surface area contributed by atoms with Gasteiger partial charge in [-0.2, -0.15) is 0 Å². The molecule has 0 aliphatic carbocycles. The molecule has 0 aromatic carbocycles. The molecule has 1 atom stereocenters. The molecule has 2 nitrogen and oxygen atoms in total. The molecule has 1 rings (SSSR count). The summed E-state index contributed by atoms with van der Waals surface area (Å²) >= 11 is 5.63. The van der Waals surface area contributed by atoms with Gasteiger partial charge >= 0.3 is 0 Å². The highest BCUT2D eigenvalue weighted by molar-refractivity contribution is 6.18. The minimum Gasteiger partial charge on any atom is -0.303 e. The standard InChI is InChI=1S/C12H23ClF2N2/c1-16-7-3-2-4-11(16)5-8-17(9-6-13)10-12(14)15/h11-12H,2-10H2,1H3. The predicted octanol–water partition coefficient (Wildman–Crippen LogP) is 2.67. The lowest BCUT2D eigenvalue weighted by Gasteiger charge is -2.34. The van der Waals surface area contributed by atoms with E-state index in [1.54, 1.807) is 4.90 Å². The van der Waals surface area contributed by atoms with Crippen LogP contribution in [0.1, 0.15) is 25.7 Å². The van der Waals surface area contributed by atoms with Crippen LogP contribution in [0.4, 0.5) is 8.78 Å². The highest BCUT2D eigenvalue weighted by atomic mass is 35.5. The summed E-state index contributed by atoms with van der Waals surface area (Å²) in [4.78, 5) is 4.13. The second-order valence-corrected chi connectivity index (χ2v) is 5.18. The number of likely N-dealkylation sites (tertiary alicyclic amines) is 1. The molecule has 1 saturated heterocycles. The van der Waals surface area contributed by atoms with Crippen molar-refractivity contribution in [2.45, 2.75) is 38.2 Å². The number of nitrogens with zero attached hydrogens (tertiary/aromatic N) is 2. The van der Waals surface area contributed by atoms with Crippen LogP contribution in [-0.4, -0.2) is 61.4 Å². The maximum absolute atomic E-state index is 12.4. The third-order valence-electron chi connectivity index (χ3n) is 3.50. The molecule has 1 fully saturated rings. The lowest BCUT2D eigenvalue weighted by atomic mass is 10.00. The molecule has 1 aliphatic rings. The average Bonchev–Trinajstić information content (AvgIpc) is 2.27. The number of rotatable bonds is 7. The van der Waals surface area contributed by atoms with Crippen molar-refractivity contribution in [2.24, 2.45) is 0 Å². The van der Waals surface area contributed by atoms with Crippen molar-refractivity contribution in [3.63, 3.8) is 0 Å². The largest absolute Gasteiger partial charge is 0.303 e. The van der Waals surface area contributed by atoms with E-state index < -0.39 is 6.43 Å². The van der Waals surface area contributed by atoms with E-state index in [1.807, 2.05) is 0 Å². The molecule has 5 heteroatoms. The van der Waals surface area contributed by atoms with Crippen molar-refractivity contribution in [1.82, 2.24) is 9.80 Å². The van der Waals surface area contributed by atoms with E-state index in [2.05, 4.69) is 11.9 Å². The summed E-state index contributed by atoms with van der Waals surface area (Å²) in [5.74, 6) is 0.424. The fourth-order valence-corrected chi connectivity index (χ4v) is 2.69. The maximum Gasteiger partial charge on any atom is 0.251 e. The van der Waals surface area contributed by atoms with Crippen LogP contribution in [0.5, 0.6) is 0 Å². The minimum absolute atomic E-state index is 0.150. The van der Waals surface area contributed by atoms with Gasteiger partial charge in [-0.1, -0.05) is 6.42 Å². The summed E-state index contributed by atoms with van der Waals surface area (Å²) in [5, 5.41) is 0. The number of hydrogen-bond acceptors (Lipinski definition) is 2. The van der Waals surface area contributed by atoms with E-state index in [9.17, 15) is 8.78 Å². The Bertz CT molecular complexity index is 205. The highest BCUT2D eigenvalue weighted by Gasteiger charge is 2.20. The van der Waals surface area contributed by atoms with Crippen LogP contribution < -0.4 is 0 Å². The summed E-state index contributed by atoms with van der Waals surface area (Å²) < 4.78 is 24.7. The smallest absolute Gasteiger partial charge is 0.251 e. The first-order valence-corrected chi connectivity index (χ1v) is 6.93. The van der Waals surface area contributed by atoms with Gasteiger partial charge in [0.1, 0.15) is 0 Å². The minimum atomic E-state index is -2.26. The first kappa shape index (κ1) is 15.1. The Labute approximate surface area is 108 Å². The molecule has 1 heterocycles. The zero-order chi connectivity index (χ0) is 12.7. The summed E-state index contributed by atoms with van der Waals surface area (Å²) in [6.45, 7) is 2.27. The van der Waals surface area contributed by atoms with Crippen molar-refractivity contribution < 1.29 is 8.78 Å². The van der Waals surface area contributed by atoms with Crippen LogP contribution in [0.2, 0.25) is 0 Å². The van der Waals surface area contributed by atoms with E-state index in [4.69, 9.17) is 11.6 Å². The molecular formula is C12H23ClF2N2. The van der Waals surface area contributed by atoms with Crippen LogP contribution in [0, 0.1) is 0 Å². The number of piperidine rings is 1. The van der Waals surface area contributed by atoms with E-state index in [1.165, 1.54) is 19.3 Å². The van der Waals surface area contributed by atoms with Crippen LogP contribution in [0.15, 0.2) is 0 Å². The third kappa shape index (κ3) is 5.98. The first-order chi connectivity index (χ1) is 8.13. The molecular weight excluding hydrogens is 246 g/mol. The molecule has 1 aliphatic heterocycles. The van der Waals surface area contributed by atoms with Gasteiger partial charge in [0.05, 0.1) is 6.54 Å². The van der Waals surface area contributed by atoms with Crippen molar-refractivity contribution in [3.05, 3.63) is 0 Å². The van der Waals surface area contributed by atoms with Crippen LogP contribution >= 0.6 is 11.6 Å². The molecule has 0 saturated carbocycles. The zero-order valence-electron chi connectivity index (χ0n) is 10.5. The molecule has 0 N–H and O–H groups in total. The van der Waals surface area contributed by atoms with Crippen molar-refractivity contribution in [2.75, 3.05) is 39.1 Å². The topological polar surface area (TPSA) is 6.48 Å². The summed E-state index contributed by atoms with van der Waals surface area (Å²) in [7, 11) is 2.13. The predicted molar refractivity (Wildman–Crippen MR) is 68.1 cm³/mol. The van der Waals surface area contributed by atoms with Crippen molar-refractivity contribution in [3.8, 4) is 0 Å². The van der Waals surface area contributed by atoms with Gasteiger partial charge in [0.15, 0.2) is 0 Å². The van der Waals surface area contributed by atoms with Gasteiger partial charge < -0.3 is 4.90 Å². The monoisotopic (exact) mass is 268 g/mol. The van der Waals surface area contributed by atoms with E-state index in [-0.39, 0.29) is 6.54 Å². The van der Waals surface area contributed by atoms with Gasteiger partial charge in [0.2, 0.25) is 0 Å². The van der Waals surface area contributed by atoms with Crippen molar-refractivity contribution in [1.29, 1.82) is 0 Å². The molecule has 0 amide bonds. The zero-order valence-corrected chi connectivity index (χ0v) is 11.3. The van der Waals surface area contributed by atoms with Crippen molar-refractivity contribution >= 4 is 11.6 Å². The molecule has 1 unspecified atom stereocenters. The highest BCUT2D eigenvalue weighted by Crippen LogP contribution is 2.18. The molecule has 0 radical (unpaired) electrons. The fraction of sp³-hybridized carbons (Fsp3) is 1.00. The molecule has 0 aromatic rings. The molecule has 0 aromatic heterocycles. The quantitative estimate of drug-likeness (QED) is 0.655. The second kappa shape index (κ2) is 8.22. The molecule has 0 bridgehead atoms. The SMILES string of the molecule is CN1CCCCC1CCN(CCCl)CC(F)F. The van der Waals surface area contributed by atoms with Gasteiger partial charge in [-0.05, 0) is 39.4 Å². The van der Waals surface area contributed by atoms with E-state index in [0.717, 1.165) is 19.5 Å². The number of hydrogen-bond donors (Lipinski definition) is 0. The van der Waals surface area contributed by atoms with Gasteiger partial charge in [0, 0.05) is 18.5 Å². The normalized spacial score (nSPS) is 22.6. The van der Waals surface area contributed by atoms with Gasteiger partial charge in [-0.25, -0.2) is 8.78 Å². The Morgan fingerprint density at radius 3 is 2.71 bits per heavy atom. The van der Waals surface area contributed by atoms with E-state index >= 15 is 0 Å². The van der Waals surface area contributed by atoms with Gasteiger partial charge in [-0.15, -0.1) is 11.6 Å². The Morgan fingerprint density at radius 1 is 1.35 bits per heavy atom. The second-order valence-electron chi connectivity index (χ2n) is 4.80. The summed E-state index contributed by atoms with van der Waals surface area (Å²) in [5.41, 5.74) is 0. The summed E-state index contributed by atoms with van der Waals surface area (Å²) in [6, 6.07) is 0.555. The van der Waals surface area contributed by atoms with Gasteiger partial charge in [0.25, 0.3) is 6.43 Å². The van der Waals surface area contributed by atoms with Crippen LogP contribution in [0.3, 0.4) is 0 Å². The molecule has 17 heavy (non-hydrogen) atoms. The Morgan fingerprint density at radius 2 is 2.12 bits per heavy atom. The van der Waals surface area contributed by atoms with Gasteiger partial charge in [-0.3, -0.25) is 4.90 Å². The maximum atomic E-state index is 12.4. The molecule has 102 valence electrons. The van der Waals surface area contributed by atoms with E-state index in [0.29, 0.717) is 18.5 Å². The fourth-order valence-electron chi connectivity index (χ4n) is 2.45. The Balaban J connectivity index is 2.28. The third-order valence-corrected chi connectivity index (χ3v) is 3.67. The molecule has 0 spiro atoms. The average molecular weight is 269 g/mol. The lowest BCUT2D eigenvalue weighted by Crippen LogP contribution is -2.40. The number of alkyl halides is 3. The van der Waals surface area contributed by atoms with Crippen LogP contribution in [0.25, 0.3) is 0 Å². The lowest BCUT2D eigenvalue weighted by molar-refractivity contribution is 0.0819. The van der Waals surface area contributed by atoms with Crippen LogP contribution in [-0.2, 0) is 0 Å². The first-order valence-electron chi connectivity index (χ1n) is 6.40.